The third-order valence-corrected chi connectivity index (χ3v) is 4.36. The molecule has 94 valence electrons. The molecule has 3 nitrogen and oxygen atoms in total. The lowest BCUT2D eigenvalue weighted by Crippen LogP contribution is -2.46. The van der Waals surface area contributed by atoms with Gasteiger partial charge in [-0.2, -0.15) is 0 Å². The molecule has 0 amide bonds. The number of nitrogens with zero attached hydrogens (tertiary/aromatic N) is 2. The van der Waals surface area contributed by atoms with Crippen molar-refractivity contribution < 1.29 is 4.74 Å². The SMILES string of the molecule is Cc1c(I)cnc(N2C[C@@H](C)O[C@@H](C)C2)c1C. The molecule has 0 bridgehead atoms. The number of rotatable bonds is 1. The van der Waals surface area contributed by atoms with Crippen LogP contribution >= 0.6 is 22.6 Å². The van der Waals surface area contributed by atoms with E-state index in [1.807, 2.05) is 6.20 Å². The van der Waals surface area contributed by atoms with Crippen molar-refractivity contribution in [3.63, 3.8) is 0 Å². The molecule has 1 fully saturated rings. The molecular formula is C13H19IN2O. The molecule has 2 rings (SSSR count). The predicted molar refractivity (Wildman–Crippen MR) is 78.7 cm³/mol. The fourth-order valence-corrected chi connectivity index (χ4v) is 2.87. The maximum atomic E-state index is 5.76. The first-order chi connectivity index (χ1) is 7.99. The lowest BCUT2D eigenvalue weighted by molar-refractivity contribution is -0.00549. The molecular weight excluding hydrogens is 327 g/mol. The smallest absolute Gasteiger partial charge is 0.131 e. The Kier molecular flexibility index (Phi) is 3.92. The summed E-state index contributed by atoms with van der Waals surface area (Å²) in [6.07, 6.45) is 2.52. The lowest BCUT2D eigenvalue weighted by Gasteiger charge is -2.37. The fraction of sp³-hybridized carbons (Fsp3) is 0.615. The van der Waals surface area contributed by atoms with E-state index >= 15 is 0 Å². The van der Waals surface area contributed by atoms with Gasteiger partial charge in [-0.15, -0.1) is 0 Å². The lowest BCUT2D eigenvalue weighted by atomic mass is 10.1. The van der Waals surface area contributed by atoms with Gasteiger partial charge in [0.15, 0.2) is 0 Å². The van der Waals surface area contributed by atoms with Crippen LogP contribution in [0.2, 0.25) is 0 Å². The van der Waals surface area contributed by atoms with Crippen molar-refractivity contribution in [3.8, 4) is 0 Å². The van der Waals surface area contributed by atoms with Gasteiger partial charge in [0.25, 0.3) is 0 Å². The van der Waals surface area contributed by atoms with E-state index < -0.39 is 0 Å². The van der Waals surface area contributed by atoms with Crippen LogP contribution in [0.3, 0.4) is 0 Å². The molecule has 4 heteroatoms. The zero-order valence-corrected chi connectivity index (χ0v) is 13.0. The van der Waals surface area contributed by atoms with Gasteiger partial charge in [0, 0.05) is 22.9 Å². The van der Waals surface area contributed by atoms with Gasteiger partial charge in [0.05, 0.1) is 12.2 Å². The average molecular weight is 346 g/mol. The second kappa shape index (κ2) is 5.10. The van der Waals surface area contributed by atoms with Crippen LogP contribution in [-0.4, -0.2) is 30.3 Å². The number of aromatic nitrogens is 1. The fourth-order valence-electron chi connectivity index (χ4n) is 2.33. The molecule has 0 spiro atoms. The van der Waals surface area contributed by atoms with E-state index in [0.29, 0.717) is 0 Å². The topological polar surface area (TPSA) is 25.4 Å². The Morgan fingerprint density at radius 1 is 1.24 bits per heavy atom. The molecule has 1 saturated heterocycles. The number of morpholine rings is 1. The minimum Gasteiger partial charge on any atom is -0.372 e. The van der Waals surface area contributed by atoms with Crippen molar-refractivity contribution in [1.29, 1.82) is 0 Å². The minimum atomic E-state index is 0.277. The van der Waals surface area contributed by atoms with Crippen LogP contribution in [-0.2, 0) is 4.74 Å². The van der Waals surface area contributed by atoms with E-state index in [4.69, 9.17) is 4.74 Å². The first-order valence-corrected chi connectivity index (χ1v) is 7.09. The summed E-state index contributed by atoms with van der Waals surface area (Å²) in [5.74, 6) is 1.12. The number of anilines is 1. The monoisotopic (exact) mass is 346 g/mol. The first-order valence-electron chi connectivity index (χ1n) is 6.01. The van der Waals surface area contributed by atoms with Gasteiger partial charge in [-0.3, -0.25) is 0 Å². The summed E-state index contributed by atoms with van der Waals surface area (Å²) < 4.78 is 7.00. The van der Waals surface area contributed by atoms with Crippen LogP contribution in [0.4, 0.5) is 5.82 Å². The van der Waals surface area contributed by atoms with E-state index in [-0.39, 0.29) is 12.2 Å². The summed E-state index contributed by atoms with van der Waals surface area (Å²) in [5.41, 5.74) is 2.63. The van der Waals surface area contributed by atoms with Gasteiger partial charge in [-0.05, 0) is 61.4 Å². The molecule has 1 aromatic rings. The zero-order chi connectivity index (χ0) is 12.6. The summed E-state index contributed by atoms with van der Waals surface area (Å²) in [6.45, 7) is 10.4. The van der Waals surface area contributed by atoms with E-state index in [1.54, 1.807) is 0 Å². The van der Waals surface area contributed by atoms with Gasteiger partial charge in [0.2, 0.25) is 0 Å². The number of hydrogen-bond donors (Lipinski definition) is 0. The standard InChI is InChI=1S/C13H19IN2O/c1-8-6-16(7-9(2)17-8)13-11(4)10(3)12(14)5-15-13/h5,8-9H,6-7H2,1-4H3/t8-,9+. The molecule has 0 saturated carbocycles. The first kappa shape index (κ1) is 13.1. The third-order valence-electron chi connectivity index (χ3n) is 3.28. The Balaban J connectivity index is 2.31. The van der Waals surface area contributed by atoms with Crippen LogP contribution in [0, 0.1) is 17.4 Å². The van der Waals surface area contributed by atoms with E-state index in [2.05, 4.69) is 60.2 Å². The Morgan fingerprint density at radius 3 is 2.41 bits per heavy atom. The number of hydrogen-bond acceptors (Lipinski definition) is 3. The maximum absolute atomic E-state index is 5.76. The normalized spacial score (nSPS) is 25.1. The Morgan fingerprint density at radius 2 is 1.82 bits per heavy atom. The predicted octanol–water partition coefficient (Wildman–Crippen LogP) is 2.92. The maximum Gasteiger partial charge on any atom is 0.131 e. The van der Waals surface area contributed by atoms with E-state index in [9.17, 15) is 0 Å². The molecule has 0 aliphatic carbocycles. The van der Waals surface area contributed by atoms with Gasteiger partial charge >= 0.3 is 0 Å². The van der Waals surface area contributed by atoms with Crippen LogP contribution in [0.25, 0.3) is 0 Å². The third kappa shape index (κ3) is 2.73. The molecule has 0 unspecified atom stereocenters. The van der Waals surface area contributed by atoms with E-state index in [1.165, 1.54) is 14.7 Å². The minimum absolute atomic E-state index is 0.277. The van der Waals surface area contributed by atoms with Crippen LogP contribution < -0.4 is 4.90 Å². The summed E-state index contributed by atoms with van der Waals surface area (Å²) in [5, 5.41) is 0. The molecule has 2 atom stereocenters. The molecule has 17 heavy (non-hydrogen) atoms. The van der Waals surface area contributed by atoms with Crippen molar-refractivity contribution in [2.75, 3.05) is 18.0 Å². The summed E-state index contributed by atoms with van der Waals surface area (Å²) >= 11 is 2.34. The highest BCUT2D eigenvalue weighted by atomic mass is 127. The van der Waals surface area contributed by atoms with Crippen molar-refractivity contribution in [1.82, 2.24) is 4.98 Å². The van der Waals surface area contributed by atoms with Gasteiger partial charge < -0.3 is 9.64 Å². The highest BCUT2D eigenvalue weighted by molar-refractivity contribution is 14.1. The largest absolute Gasteiger partial charge is 0.372 e. The van der Waals surface area contributed by atoms with Crippen molar-refractivity contribution in [2.24, 2.45) is 0 Å². The molecule has 1 aliphatic heterocycles. The Hall–Kier alpha value is -0.360. The summed E-state index contributed by atoms with van der Waals surface area (Å²) in [6, 6.07) is 0. The zero-order valence-electron chi connectivity index (χ0n) is 10.8. The van der Waals surface area contributed by atoms with Crippen LogP contribution in [0.1, 0.15) is 25.0 Å². The highest BCUT2D eigenvalue weighted by Crippen LogP contribution is 2.26. The molecule has 0 aromatic carbocycles. The highest BCUT2D eigenvalue weighted by Gasteiger charge is 2.24. The quantitative estimate of drug-likeness (QED) is 0.732. The van der Waals surface area contributed by atoms with Crippen LogP contribution in [0.5, 0.6) is 0 Å². The van der Waals surface area contributed by atoms with Crippen molar-refractivity contribution >= 4 is 28.4 Å². The molecule has 0 N–H and O–H groups in total. The van der Waals surface area contributed by atoms with Crippen molar-refractivity contribution in [3.05, 3.63) is 20.9 Å². The van der Waals surface area contributed by atoms with Gasteiger partial charge in [-0.1, -0.05) is 0 Å². The second-order valence-electron chi connectivity index (χ2n) is 4.84. The summed E-state index contributed by atoms with van der Waals surface area (Å²) in [4.78, 5) is 6.94. The molecule has 0 radical (unpaired) electrons. The number of pyridine rings is 1. The number of ether oxygens (including phenoxy) is 1. The van der Waals surface area contributed by atoms with Crippen LogP contribution in [0.15, 0.2) is 6.20 Å². The summed E-state index contributed by atoms with van der Waals surface area (Å²) in [7, 11) is 0. The van der Waals surface area contributed by atoms with Gasteiger partial charge in [-0.25, -0.2) is 4.98 Å². The molecule has 2 heterocycles. The Labute approximate surface area is 117 Å². The van der Waals surface area contributed by atoms with E-state index in [0.717, 1.165) is 18.9 Å². The van der Waals surface area contributed by atoms with Crippen molar-refractivity contribution in [2.45, 2.75) is 39.9 Å². The van der Waals surface area contributed by atoms with Gasteiger partial charge in [0.1, 0.15) is 5.82 Å². The number of halogens is 1. The Bertz CT molecular complexity index is 412. The second-order valence-corrected chi connectivity index (χ2v) is 6.00. The molecule has 1 aliphatic rings. The average Bonchev–Trinajstić information content (AvgIpc) is 2.24. The molecule has 1 aromatic heterocycles.